The van der Waals surface area contributed by atoms with Crippen LogP contribution in [0.5, 0.6) is 5.88 Å². The first-order chi connectivity index (χ1) is 22.6. The topological polar surface area (TPSA) is 107 Å². The molecular formula is C32H31F5N8O2. The van der Waals surface area contributed by atoms with Crippen molar-refractivity contribution < 1.29 is 31.4 Å². The van der Waals surface area contributed by atoms with Crippen molar-refractivity contribution in [3.63, 3.8) is 0 Å². The summed E-state index contributed by atoms with van der Waals surface area (Å²) in [6.45, 7) is 4.80. The average Bonchev–Trinajstić information content (AvgIpc) is 3.67. The Bertz CT molecular complexity index is 1900. The monoisotopic (exact) mass is 654 g/mol. The number of aromatic amines is 1. The molecule has 2 fully saturated rings. The van der Waals surface area contributed by atoms with E-state index in [2.05, 4.69) is 34.6 Å². The van der Waals surface area contributed by atoms with Crippen LogP contribution < -0.4 is 4.74 Å². The number of rotatable bonds is 9. The van der Waals surface area contributed by atoms with Crippen LogP contribution in [0.2, 0.25) is 0 Å². The van der Waals surface area contributed by atoms with E-state index in [1.165, 1.54) is 19.1 Å². The molecule has 6 heterocycles. The second-order valence-electron chi connectivity index (χ2n) is 11.9. The van der Waals surface area contributed by atoms with Gasteiger partial charge in [0.15, 0.2) is 5.82 Å². The minimum Gasteiger partial charge on any atom is -0.473 e. The van der Waals surface area contributed by atoms with Crippen molar-refractivity contribution >= 4 is 11.0 Å². The van der Waals surface area contributed by atoms with Gasteiger partial charge < -0.3 is 19.0 Å². The molecule has 5 aromatic rings. The number of piperidine rings is 1. The number of ether oxygens (including phenoxy) is 2. The van der Waals surface area contributed by atoms with Crippen molar-refractivity contribution in [1.29, 1.82) is 0 Å². The molecule has 246 valence electrons. The number of imidazole rings is 1. The summed E-state index contributed by atoms with van der Waals surface area (Å²) in [4.78, 5) is 18.4. The van der Waals surface area contributed by atoms with E-state index in [9.17, 15) is 22.0 Å². The highest BCUT2D eigenvalue weighted by molar-refractivity contribution is 5.78. The lowest BCUT2D eigenvalue weighted by atomic mass is 9.93. The molecule has 2 aliphatic heterocycles. The number of nitrogens with one attached hydrogen (secondary N) is 1. The van der Waals surface area contributed by atoms with E-state index in [0.717, 1.165) is 49.4 Å². The fraction of sp³-hybridized carbons (Fsp3) is 0.406. The number of pyridine rings is 2. The molecule has 4 aromatic heterocycles. The van der Waals surface area contributed by atoms with Crippen LogP contribution >= 0.6 is 0 Å². The van der Waals surface area contributed by atoms with Gasteiger partial charge in [-0.1, -0.05) is 6.07 Å². The number of H-pyrrole nitrogens is 1. The van der Waals surface area contributed by atoms with Crippen molar-refractivity contribution in [2.24, 2.45) is 0 Å². The van der Waals surface area contributed by atoms with Crippen LogP contribution in [0.4, 0.5) is 22.0 Å². The van der Waals surface area contributed by atoms with Gasteiger partial charge in [-0.15, -0.1) is 10.2 Å². The molecule has 7 rings (SSSR count). The number of halogens is 5. The molecule has 1 aromatic carbocycles. The number of benzene rings is 1. The van der Waals surface area contributed by atoms with E-state index in [0.29, 0.717) is 31.1 Å². The van der Waals surface area contributed by atoms with Crippen molar-refractivity contribution in [1.82, 2.24) is 39.6 Å². The number of hydrogen-bond acceptors (Lipinski definition) is 8. The van der Waals surface area contributed by atoms with Gasteiger partial charge in [-0.2, -0.15) is 13.2 Å². The quantitative estimate of drug-likeness (QED) is 0.194. The Balaban J connectivity index is 1.03. The lowest BCUT2D eigenvalue weighted by Crippen LogP contribution is -2.35. The predicted molar refractivity (Wildman–Crippen MR) is 159 cm³/mol. The smallest absolute Gasteiger partial charge is 0.451 e. The second-order valence-corrected chi connectivity index (χ2v) is 11.9. The highest BCUT2D eigenvalue weighted by Gasteiger charge is 2.35. The third-order valence-corrected chi connectivity index (χ3v) is 8.78. The molecule has 10 nitrogen and oxygen atoms in total. The van der Waals surface area contributed by atoms with Gasteiger partial charge in [0.25, 0.3) is 0 Å². The number of likely N-dealkylation sites (tertiary alicyclic amines) is 1. The van der Waals surface area contributed by atoms with Gasteiger partial charge in [0.1, 0.15) is 29.8 Å². The lowest BCUT2D eigenvalue weighted by molar-refractivity contribution is -0.144. The molecule has 0 saturated carbocycles. The third-order valence-electron chi connectivity index (χ3n) is 8.78. The summed E-state index contributed by atoms with van der Waals surface area (Å²) in [5, 5.41) is 6.84. The molecule has 1 N–H and O–H groups in total. The van der Waals surface area contributed by atoms with Gasteiger partial charge in [0.05, 0.1) is 36.4 Å². The van der Waals surface area contributed by atoms with E-state index in [1.54, 1.807) is 18.3 Å². The molecule has 0 amide bonds. The summed E-state index contributed by atoms with van der Waals surface area (Å²) in [6.07, 6.45) is -0.335. The van der Waals surface area contributed by atoms with Gasteiger partial charge in [0, 0.05) is 35.4 Å². The zero-order chi connectivity index (χ0) is 32.7. The molecule has 0 spiro atoms. The summed E-state index contributed by atoms with van der Waals surface area (Å²) < 4.78 is 80.8. The van der Waals surface area contributed by atoms with Crippen molar-refractivity contribution in [3.8, 4) is 17.4 Å². The van der Waals surface area contributed by atoms with Crippen LogP contribution in [-0.4, -0.2) is 65.4 Å². The molecule has 2 saturated heterocycles. The number of fused-ring (bicyclic) bond motifs is 1. The molecular weight excluding hydrogens is 623 g/mol. The Morgan fingerprint density at radius 3 is 2.57 bits per heavy atom. The zero-order valence-electron chi connectivity index (χ0n) is 25.4. The molecule has 2 aliphatic rings. The van der Waals surface area contributed by atoms with E-state index in [1.807, 2.05) is 12.1 Å². The Labute approximate surface area is 266 Å². The number of hydrogen-bond donors (Lipinski definition) is 1. The normalized spacial score (nSPS) is 17.7. The van der Waals surface area contributed by atoms with Crippen molar-refractivity contribution in [2.75, 3.05) is 19.7 Å². The molecule has 0 bridgehead atoms. The van der Waals surface area contributed by atoms with Gasteiger partial charge in [-0.3, -0.25) is 9.88 Å². The van der Waals surface area contributed by atoms with Gasteiger partial charge in [0.2, 0.25) is 11.7 Å². The zero-order valence-corrected chi connectivity index (χ0v) is 25.4. The highest BCUT2D eigenvalue weighted by Crippen LogP contribution is 2.31. The fourth-order valence-electron chi connectivity index (χ4n) is 5.97. The second kappa shape index (κ2) is 12.6. The fourth-order valence-corrected chi connectivity index (χ4v) is 5.97. The van der Waals surface area contributed by atoms with Crippen LogP contribution in [-0.2, 0) is 30.6 Å². The van der Waals surface area contributed by atoms with Crippen LogP contribution in [0.25, 0.3) is 22.6 Å². The number of nitrogens with zero attached hydrogens (tertiary/aromatic N) is 7. The maximum absolute atomic E-state index is 14.4. The minimum absolute atomic E-state index is 0.0395. The SMILES string of the molecule is Cc1c(F)ccc(COc2cccc(C3CCN(Cc4nc5cc(-c6nnc(C(F)(F)F)[nH]6)ncc5n4C[C@@H]4CCO4)CC3)n2)c1F. The first kappa shape index (κ1) is 31.1. The van der Waals surface area contributed by atoms with E-state index >= 15 is 0 Å². The summed E-state index contributed by atoms with van der Waals surface area (Å²) in [7, 11) is 0. The summed E-state index contributed by atoms with van der Waals surface area (Å²) in [5.74, 6) is -1.08. The minimum atomic E-state index is -4.64. The van der Waals surface area contributed by atoms with Gasteiger partial charge in [-0.25, -0.2) is 18.7 Å². The van der Waals surface area contributed by atoms with Crippen molar-refractivity contribution in [3.05, 3.63) is 82.7 Å². The average molecular weight is 655 g/mol. The predicted octanol–water partition coefficient (Wildman–Crippen LogP) is 5.96. The Morgan fingerprint density at radius 2 is 1.85 bits per heavy atom. The largest absolute Gasteiger partial charge is 0.473 e. The Kier molecular flexibility index (Phi) is 8.34. The van der Waals surface area contributed by atoms with Crippen molar-refractivity contribution in [2.45, 2.75) is 64.1 Å². The highest BCUT2D eigenvalue weighted by atomic mass is 19.4. The molecule has 15 heteroatoms. The maximum Gasteiger partial charge on any atom is 0.451 e. The summed E-state index contributed by atoms with van der Waals surface area (Å²) in [6, 6.07) is 9.78. The summed E-state index contributed by atoms with van der Waals surface area (Å²) >= 11 is 0. The van der Waals surface area contributed by atoms with Crippen LogP contribution in [0.1, 0.15) is 53.7 Å². The number of aromatic nitrogens is 7. The van der Waals surface area contributed by atoms with E-state index < -0.39 is 23.6 Å². The van der Waals surface area contributed by atoms with E-state index in [4.69, 9.17) is 14.5 Å². The van der Waals surface area contributed by atoms with E-state index in [-0.39, 0.29) is 41.3 Å². The first-order valence-corrected chi connectivity index (χ1v) is 15.3. The molecule has 47 heavy (non-hydrogen) atoms. The van der Waals surface area contributed by atoms with Crippen LogP contribution in [0.3, 0.4) is 0 Å². The molecule has 1 atom stereocenters. The number of alkyl halides is 3. The van der Waals surface area contributed by atoms with Gasteiger partial charge >= 0.3 is 6.18 Å². The summed E-state index contributed by atoms with van der Waals surface area (Å²) in [5.41, 5.74) is 2.70. The Hall–Kier alpha value is -4.50. The lowest BCUT2D eigenvalue weighted by Gasteiger charge is -2.32. The Morgan fingerprint density at radius 1 is 1.04 bits per heavy atom. The van der Waals surface area contributed by atoms with Crippen LogP contribution in [0.15, 0.2) is 42.6 Å². The standard InChI is InChI=1S/C32H31F5N8O2/c1-18-22(33)6-5-20(29(18)34)17-47-28-4-2-3-23(40-28)19-7-10-44(11-8-19)16-27-39-24-13-25(30-41-31(43-42-30)32(35,36)37)38-14-26(24)45(27)15-21-9-12-46-21/h2-6,13-14,19,21H,7-12,15-17H2,1H3,(H,41,42,43)/t21-/m0/s1. The van der Waals surface area contributed by atoms with Crippen LogP contribution in [0, 0.1) is 18.6 Å². The first-order valence-electron chi connectivity index (χ1n) is 15.3. The molecule has 0 radical (unpaired) electrons. The molecule has 0 unspecified atom stereocenters. The maximum atomic E-state index is 14.4. The van der Waals surface area contributed by atoms with Gasteiger partial charge in [-0.05, 0) is 63.5 Å². The molecule has 0 aliphatic carbocycles. The third kappa shape index (κ3) is 6.54.